The van der Waals surface area contributed by atoms with Crippen LogP contribution in [-0.4, -0.2) is 40.7 Å². The summed E-state index contributed by atoms with van der Waals surface area (Å²) in [5, 5.41) is 3.26. The molecule has 0 bridgehead atoms. The number of methoxy groups -OCH3 is 1. The van der Waals surface area contributed by atoms with Crippen molar-refractivity contribution in [3.05, 3.63) is 52.8 Å². The number of ether oxygens (including phenoxy) is 1. The minimum absolute atomic E-state index is 0.0437. The Morgan fingerprint density at radius 1 is 1.31 bits per heavy atom. The maximum absolute atomic E-state index is 12.6. The second-order valence-corrected chi connectivity index (χ2v) is 6.91. The van der Waals surface area contributed by atoms with Crippen LogP contribution in [0, 0.1) is 0 Å². The van der Waals surface area contributed by atoms with Crippen molar-refractivity contribution in [1.82, 2.24) is 15.3 Å². The molecule has 0 radical (unpaired) electrons. The predicted octanol–water partition coefficient (Wildman–Crippen LogP) is 3.15. The highest BCUT2D eigenvalue weighted by molar-refractivity contribution is 7.99. The summed E-state index contributed by atoms with van der Waals surface area (Å²) >= 11 is 7.51. The molecule has 0 saturated carbocycles. The van der Waals surface area contributed by atoms with E-state index in [1.165, 1.54) is 25.1 Å². The minimum Gasteiger partial charge on any atom is -0.467 e. The van der Waals surface area contributed by atoms with Crippen molar-refractivity contribution in [3.63, 3.8) is 0 Å². The molecule has 0 fully saturated rings. The minimum atomic E-state index is -0.840. The highest BCUT2D eigenvalue weighted by Gasteiger charge is 2.24. The number of amides is 1. The molecule has 1 amide bonds. The number of benzene rings is 1. The Morgan fingerprint density at radius 2 is 2.04 bits per heavy atom. The fraction of sp³-hybridized carbons (Fsp3) is 0.333. The van der Waals surface area contributed by atoms with Crippen molar-refractivity contribution in [2.24, 2.45) is 0 Å². The molecule has 26 heavy (non-hydrogen) atoms. The average molecular weight is 394 g/mol. The summed E-state index contributed by atoms with van der Waals surface area (Å²) < 4.78 is 4.80. The first kappa shape index (κ1) is 20.2. The number of esters is 1. The van der Waals surface area contributed by atoms with Gasteiger partial charge in [0.05, 0.1) is 18.3 Å². The molecule has 8 heteroatoms. The van der Waals surface area contributed by atoms with Gasteiger partial charge in [-0.3, -0.25) is 4.79 Å². The maximum Gasteiger partial charge on any atom is 0.328 e. The summed E-state index contributed by atoms with van der Waals surface area (Å²) in [6.07, 6.45) is 2.66. The zero-order valence-corrected chi connectivity index (χ0v) is 16.1. The molecule has 1 N–H and O–H groups in total. The van der Waals surface area contributed by atoms with Gasteiger partial charge in [0.2, 0.25) is 0 Å². The highest BCUT2D eigenvalue weighted by Crippen LogP contribution is 2.19. The second-order valence-electron chi connectivity index (χ2n) is 5.44. The van der Waals surface area contributed by atoms with Gasteiger partial charge in [0.1, 0.15) is 6.04 Å². The Bertz CT molecular complexity index is 759. The quantitative estimate of drug-likeness (QED) is 0.421. The van der Waals surface area contributed by atoms with E-state index in [0.29, 0.717) is 11.6 Å². The van der Waals surface area contributed by atoms with Gasteiger partial charge in [-0.05, 0) is 12.0 Å². The number of carbonyl (C=O) groups excluding carboxylic acids is 2. The lowest BCUT2D eigenvalue weighted by atomic mass is 10.1. The monoisotopic (exact) mass is 393 g/mol. The zero-order valence-electron chi connectivity index (χ0n) is 14.6. The molecule has 0 saturated heterocycles. The second kappa shape index (κ2) is 10.1. The molecule has 1 aromatic heterocycles. The molecule has 1 atom stereocenters. The molecular weight excluding hydrogens is 374 g/mol. The fourth-order valence-corrected chi connectivity index (χ4v) is 3.03. The summed E-state index contributed by atoms with van der Waals surface area (Å²) in [5.74, 6) is -0.239. The Balaban J connectivity index is 2.17. The van der Waals surface area contributed by atoms with Gasteiger partial charge in [-0.25, -0.2) is 14.8 Å². The van der Waals surface area contributed by atoms with Crippen molar-refractivity contribution in [3.8, 4) is 0 Å². The lowest BCUT2D eigenvalue weighted by Gasteiger charge is -2.17. The molecule has 0 aliphatic heterocycles. The van der Waals surface area contributed by atoms with E-state index >= 15 is 0 Å². The van der Waals surface area contributed by atoms with E-state index in [1.807, 2.05) is 37.3 Å². The van der Waals surface area contributed by atoms with E-state index in [2.05, 4.69) is 15.3 Å². The van der Waals surface area contributed by atoms with E-state index in [1.54, 1.807) is 0 Å². The van der Waals surface area contributed by atoms with E-state index in [0.717, 1.165) is 17.7 Å². The van der Waals surface area contributed by atoms with Crippen LogP contribution in [0.2, 0.25) is 5.02 Å². The van der Waals surface area contributed by atoms with Crippen LogP contribution >= 0.6 is 23.4 Å². The van der Waals surface area contributed by atoms with Crippen LogP contribution in [0.4, 0.5) is 0 Å². The van der Waals surface area contributed by atoms with E-state index in [-0.39, 0.29) is 10.7 Å². The molecule has 6 nitrogen and oxygen atoms in total. The lowest BCUT2D eigenvalue weighted by molar-refractivity contribution is -0.142. The largest absolute Gasteiger partial charge is 0.467 e. The van der Waals surface area contributed by atoms with Crippen LogP contribution in [0.1, 0.15) is 29.4 Å². The number of hydrogen-bond donors (Lipinski definition) is 1. The van der Waals surface area contributed by atoms with Gasteiger partial charge < -0.3 is 10.1 Å². The maximum atomic E-state index is 12.6. The van der Waals surface area contributed by atoms with E-state index in [4.69, 9.17) is 16.3 Å². The van der Waals surface area contributed by atoms with Gasteiger partial charge >= 0.3 is 5.97 Å². The summed E-state index contributed by atoms with van der Waals surface area (Å²) in [7, 11) is 1.28. The number of thioether (sulfide) groups is 1. The van der Waals surface area contributed by atoms with Gasteiger partial charge in [0, 0.05) is 12.2 Å². The van der Waals surface area contributed by atoms with Crippen molar-refractivity contribution in [2.45, 2.75) is 31.0 Å². The van der Waals surface area contributed by atoms with Gasteiger partial charge in [0.15, 0.2) is 10.9 Å². The Kier molecular flexibility index (Phi) is 7.87. The van der Waals surface area contributed by atoms with Crippen LogP contribution in [0.5, 0.6) is 0 Å². The third-order valence-corrected chi connectivity index (χ3v) is 4.79. The highest BCUT2D eigenvalue weighted by atomic mass is 35.5. The van der Waals surface area contributed by atoms with Crippen molar-refractivity contribution in [1.29, 1.82) is 0 Å². The molecule has 0 aliphatic rings. The fourth-order valence-electron chi connectivity index (χ4n) is 2.19. The smallest absolute Gasteiger partial charge is 0.328 e. The Labute approximate surface area is 161 Å². The van der Waals surface area contributed by atoms with Crippen LogP contribution in [-0.2, 0) is 16.0 Å². The topological polar surface area (TPSA) is 81.2 Å². The molecule has 2 rings (SSSR count). The number of hydrogen-bond acceptors (Lipinski definition) is 6. The third-order valence-electron chi connectivity index (χ3n) is 3.45. The first-order chi connectivity index (χ1) is 12.5. The summed E-state index contributed by atoms with van der Waals surface area (Å²) in [5.41, 5.74) is 0.943. The van der Waals surface area contributed by atoms with Crippen LogP contribution in [0.3, 0.4) is 0 Å². The van der Waals surface area contributed by atoms with Crippen molar-refractivity contribution >= 4 is 35.2 Å². The zero-order chi connectivity index (χ0) is 18.9. The van der Waals surface area contributed by atoms with Crippen LogP contribution in [0.15, 0.2) is 41.7 Å². The van der Waals surface area contributed by atoms with E-state index < -0.39 is 17.9 Å². The summed E-state index contributed by atoms with van der Waals surface area (Å²) in [6, 6.07) is 8.52. The van der Waals surface area contributed by atoms with E-state index in [9.17, 15) is 9.59 Å². The number of halogens is 1. The number of nitrogens with one attached hydrogen (secondary N) is 1. The average Bonchev–Trinajstić information content (AvgIpc) is 2.66. The van der Waals surface area contributed by atoms with Crippen LogP contribution < -0.4 is 5.32 Å². The SMILES string of the molecule is CCCSc1ncc(Cl)c(C(=O)NC(Cc2ccccc2)C(=O)OC)n1. The lowest BCUT2D eigenvalue weighted by Crippen LogP contribution is -2.43. The first-order valence-corrected chi connectivity index (χ1v) is 9.49. The molecule has 2 aromatic rings. The van der Waals surface area contributed by atoms with Gasteiger partial charge in [-0.2, -0.15) is 0 Å². The normalized spacial score (nSPS) is 11.7. The molecule has 1 unspecified atom stereocenters. The Hall–Kier alpha value is -2.12. The van der Waals surface area contributed by atoms with Gasteiger partial charge in [-0.15, -0.1) is 0 Å². The van der Waals surface area contributed by atoms with Gasteiger partial charge in [0.25, 0.3) is 5.91 Å². The number of carbonyl (C=O) groups is 2. The van der Waals surface area contributed by atoms with Crippen molar-refractivity contribution in [2.75, 3.05) is 12.9 Å². The summed E-state index contributed by atoms with van der Waals surface area (Å²) in [4.78, 5) is 33.0. The molecule has 1 aromatic carbocycles. The Morgan fingerprint density at radius 3 is 2.69 bits per heavy atom. The molecular formula is C18H20ClN3O3S. The van der Waals surface area contributed by atoms with Crippen molar-refractivity contribution < 1.29 is 14.3 Å². The standard InChI is InChI=1S/C18H20ClN3O3S/c1-3-9-26-18-20-11-13(19)15(22-18)16(23)21-14(17(24)25-2)10-12-7-5-4-6-8-12/h4-8,11,14H,3,9-10H2,1-2H3,(H,21,23). The van der Waals surface area contributed by atoms with Crippen LogP contribution in [0.25, 0.3) is 0 Å². The number of rotatable bonds is 8. The third kappa shape index (κ3) is 5.71. The molecule has 1 heterocycles. The molecule has 0 spiro atoms. The van der Waals surface area contributed by atoms with Gasteiger partial charge in [-0.1, -0.05) is 60.6 Å². The molecule has 138 valence electrons. The first-order valence-electron chi connectivity index (χ1n) is 8.13. The number of nitrogens with zero attached hydrogens (tertiary/aromatic N) is 2. The molecule has 0 aliphatic carbocycles. The predicted molar refractivity (Wildman–Crippen MR) is 101 cm³/mol. The number of aromatic nitrogens is 2. The summed E-state index contributed by atoms with van der Waals surface area (Å²) in [6.45, 7) is 2.04.